The molecule has 0 heterocycles. The summed E-state index contributed by atoms with van der Waals surface area (Å²) in [4.78, 5) is 0. The highest BCUT2D eigenvalue weighted by atomic mass is 14.7. The molecule has 2 nitrogen and oxygen atoms in total. The largest absolute Gasteiger partial charge is 0.329 e. The normalized spacial score (nSPS) is 12.7. The van der Waals surface area contributed by atoms with Crippen LogP contribution in [0.2, 0.25) is 0 Å². The van der Waals surface area contributed by atoms with Gasteiger partial charge in [0, 0.05) is 12.6 Å². The monoisotopic (exact) mass is 192 g/mol. The minimum atomic E-state index is 0.186. The minimum absolute atomic E-state index is 0.186. The Balaban J connectivity index is 2.10. The van der Waals surface area contributed by atoms with Crippen molar-refractivity contribution < 1.29 is 0 Å². The van der Waals surface area contributed by atoms with Gasteiger partial charge in [-0.05, 0) is 24.8 Å². The lowest BCUT2D eigenvalue weighted by Gasteiger charge is -2.07. The van der Waals surface area contributed by atoms with Gasteiger partial charge in [-0.2, -0.15) is 0 Å². The Morgan fingerprint density at radius 2 is 1.79 bits per heavy atom. The van der Waals surface area contributed by atoms with Crippen molar-refractivity contribution in [2.75, 3.05) is 6.54 Å². The molecule has 0 bridgehead atoms. The van der Waals surface area contributed by atoms with E-state index in [2.05, 4.69) is 24.3 Å². The van der Waals surface area contributed by atoms with E-state index in [-0.39, 0.29) is 6.04 Å². The van der Waals surface area contributed by atoms with Crippen LogP contribution >= 0.6 is 0 Å². The van der Waals surface area contributed by atoms with Crippen molar-refractivity contribution in [1.82, 2.24) is 0 Å². The van der Waals surface area contributed by atoms with Gasteiger partial charge in [0.25, 0.3) is 0 Å². The molecule has 1 aromatic rings. The average Bonchev–Trinajstić information content (AvgIpc) is 2.25. The van der Waals surface area contributed by atoms with Crippen LogP contribution in [0.5, 0.6) is 0 Å². The van der Waals surface area contributed by atoms with Gasteiger partial charge in [-0.1, -0.05) is 36.8 Å². The van der Waals surface area contributed by atoms with E-state index in [0.717, 1.165) is 12.8 Å². The third kappa shape index (κ3) is 4.40. The number of hydrogen-bond acceptors (Lipinski definition) is 2. The van der Waals surface area contributed by atoms with Crippen molar-refractivity contribution in [3.05, 3.63) is 35.9 Å². The highest BCUT2D eigenvalue weighted by molar-refractivity contribution is 5.14. The second-order valence-electron chi connectivity index (χ2n) is 3.73. The maximum Gasteiger partial charge on any atom is 0.0163 e. The summed E-state index contributed by atoms with van der Waals surface area (Å²) in [5.74, 6) is 0. The average molecular weight is 192 g/mol. The van der Waals surface area contributed by atoms with Gasteiger partial charge >= 0.3 is 0 Å². The van der Waals surface area contributed by atoms with Crippen LogP contribution < -0.4 is 11.5 Å². The molecule has 0 fully saturated rings. The quantitative estimate of drug-likeness (QED) is 0.674. The van der Waals surface area contributed by atoms with E-state index in [1.54, 1.807) is 0 Å². The standard InChI is InChI=1S/C12H20N2/c13-10-12(14)9-5-4-8-11-6-2-1-3-7-11/h1-3,6-7,12H,4-5,8-10,13-14H2/t12-/m0/s1. The smallest absolute Gasteiger partial charge is 0.0163 e. The zero-order valence-corrected chi connectivity index (χ0v) is 8.65. The topological polar surface area (TPSA) is 52.0 Å². The van der Waals surface area contributed by atoms with Crippen LogP contribution in [-0.2, 0) is 6.42 Å². The molecule has 0 amide bonds. The predicted octanol–water partition coefficient (Wildman–Crippen LogP) is 1.69. The van der Waals surface area contributed by atoms with Crippen LogP contribution in [0.4, 0.5) is 0 Å². The van der Waals surface area contributed by atoms with E-state index >= 15 is 0 Å². The maximum atomic E-state index is 5.73. The molecule has 0 unspecified atom stereocenters. The Labute approximate surface area is 86.3 Å². The molecule has 0 aliphatic heterocycles. The van der Waals surface area contributed by atoms with E-state index in [4.69, 9.17) is 11.5 Å². The van der Waals surface area contributed by atoms with Gasteiger partial charge in [0.15, 0.2) is 0 Å². The number of aryl methyl sites for hydroxylation is 1. The van der Waals surface area contributed by atoms with Crippen molar-refractivity contribution in [3.8, 4) is 0 Å². The summed E-state index contributed by atoms with van der Waals surface area (Å²) in [6, 6.07) is 10.7. The second kappa shape index (κ2) is 6.57. The first-order valence-corrected chi connectivity index (χ1v) is 5.32. The number of hydrogen-bond donors (Lipinski definition) is 2. The molecule has 0 saturated heterocycles. The van der Waals surface area contributed by atoms with E-state index in [1.165, 1.54) is 18.4 Å². The van der Waals surface area contributed by atoms with Crippen molar-refractivity contribution in [3.63, 3.8) is 0 Å². The Kier molecular flexibility index (Phi) is 5.27. The lowest BCUT2D eigenvalue weighted by Crippen LogP contribution is -2.29. The third-order valence-electron chi connectivity index (χ3n) is 2.44. The molecule has 0 aliphatic rings. The molecule has 0 spiro atoms. The molecule has 0 radical (unpaired) electrons. The zero-order valence-electron chi connectivity index (χ0n) is 8.65. The first-order valence-electron chi connectivity index (χ1n) is 5.32. The summed E-state index contributed by atoms with van der Waals surface area (Å²) in [5.41, 5.74) is 12.6. The lowest BCUT2D eigenvalue weighted by atomic mass is 10.0. The van der Waals surface area contributed by atoms with E-state index in [9.17, 15) is 0 Å². The summed E-state index contributed by atoms with van der Waals surface area (Å²) >= 11 is 0. The molecular formula is C12H20N2. The lowest BCUT2D eigenvalue weighted by molar-refractivity contribution is 0.570. The first-order chi connectivity index (χ1) is 6.83. The first kappa shape index (κ1) is 11.2. The minimum Gasteiger partial charge on any atom is -0.329 e. The van der Waals surface area contributed by atoms with E-state index in [0.29, 0.717) is 6.54 Å². The predicted molar refractivity (Wildman–Crippen MR) is 61.0 cm³/mol. The molecule has 0 aromatic heterocycles. The third-order valence-corrected chi connectivity index (χ3v) is 2.44. The molecule has 2 heteroatoms. The van der Waals surface area contributed by atoms with Gasteiger partial charge in [0.2, 0.25) is 0 Å². The Bertz CT molecular complexity index is 233. The van der Waals surface area contributed by atoms with Crippen LogP contribution in [0.15, 0.2) is 30.3 Å². The summed E-state index contributed by atoms with van der Waals surface area (Å²) in [6.45, 7) is 0.603. The Hall–Kier alpha value is -0.860. The molecule has 1 rings (SSSR count). The van der Waals surface area contributed by atoms with Crippen LogP contribution in [-0.4, -0.2) is 12.6 Å². The number of unbranched alkanes of at least 4 members (excludes halogenated alkanes) is 1. The van der Waals surface area contributed by atoms with Gasteiger partial charge in [-0.25, -0.2) is 0 Å². The molecule has 0 aliphatic carbocycles. The second-order valence-corrected chi connectivity index (χ2v) is 3.73. The molecule has 4 N–H and O–H groups in total. The molecule has 1 aromatic carbocycles. The zero-order chi connectivity index (χ0) is 10.2. The highest BCUT2D eigenvalue weighted by Gasteiger charge is 1.98. The maximum absolute atomic E-state index is 5.73. The van der Waals surface area contributed by atoms with E-state index in [1.807, 2.05) is 6.07 Å². The molecule has 1 atom stereocenters. The van der Waals surface area contributed by atoms with Crippen molar-refractivity contribution in [2.45, 2.75) is 31.7 Å². The number of nitrogens with two attached hydrogens (primary N) is 2. The van der Waals surface area contributed by atoms with Crippen LogP contribution in [0.25, 0.3) is 0 Å². The van der Waals surface area contributed by atoms with Gasteiger partial charge < -0.3 is 11.5 Å². The summed E-state index contributed by atoms with van der Waals surface area (Å²) < 4.78 is 0. The fourth-order valence-corrected chi connectivity index (χ4v) is 1.50. The summed E-state index contributed by atoms with van der Waals surface area (Å²) in [7, 11) is 0. The van der Waals surface area contributed by atoms with Gasteiger partial charge in [0.05, 0.1) is 0 Å². The van der Waals surface area contributed by atoms with Crippen LogP contribution in [0.1, 0.15) is 24.8 Å². The van der Waals surface area contributed by atoms with Gasteiger partial charge in [-0.3, -0.25) is 0 Å². The molecule has 0 saturated carbocycles. The fourth-order valence-electron chi connectivity index (χ4n) is 1.50. The van der Waals surface area contributed by atoms with Crippen molar-refractivity contribution in [2.24, 2.45) is 11.5 Å². The van der Waals surface area contributed by atoms with Crippen LogP contribution in [0, 0.1) is 0 Å². The molecule has 14 heavy (non-hydrogen) atoms. The Morgan fingerprint density at radius 3 is 2.43 bits per heavy atom. The van der Waals surface area contributed by atoms with Gasteiger partial charge in [-0.15, -0.1) is 0 Å². The summed E-state index contributed by atoms with van der Waals surface area (Å²) in [5, 5.41) is 0. The number of benzene rings is 1. The molecule has 78 valence electrons. The molecular weight excluding hydrogens is 172 g/mol. The van der Waals surface area contributed by atoms with Gasteiger partial charge in [0.1, 0.15) is 0 Å². The van der Waals surface area contributed by atoms with Crippen molar-refractivity contribution in [1.29, 1.82) is 0 Å². The van der Waals surface area contributed by atoms with Crippen molar-refractivity contribution >= 4 is 0 Å². The highest BCUT2D eigenvalue weighted by Crippen LogP contribution is 2.06. The SMILES string of the molecule is NC[C@@H](N)CCCCc1ccccc1. The Morgan fingerprint density at radius 1 is 1.07 bits per heavy atom. The summed E-state index contributed by atoms with van der Waals surface area (Å²) in [6.07, 6.45) is 4.58. The van der Waals surface area contributed by atoms with Crippen LogP contribution in [0.3, 0.4) is 0 Å². The fraction of sp³-hybridized carbons (Fsp3) is 0.500. The van der Waals surface area contributed by atoms with E-state index < -0.39 is 0 Å². The number of rotatable bonds is 6.